The average molecular weight is 292 g/mol. The van der Waals surface area contributed by atoms with Gasteiger partial charge in [0.15, 0.2) is 17.3 Å². The van der Waals surface area contributed by atoms with Gasteiger partial charge in [0.1, 0.15) is 0 Å². The lowest BCUT2D eigenvalue weighted by Crippen LogP contribution is -2.23. The van der Waals surface area contributed by atoms with Crippen molar-refractivity contribution in [2.24, 2.45) is 0 Å². The van der Waals surface area contributed by atoms with E-state index in [4.69, 9.17) is 0 Å². The third kappa shape index (κ3) is 3.37. The third-order valence-electron chi connectivity index (χ3n) is 3.06. The summed E-state index contributed by atoms with van der Waals surface area (Å²) in [7, 11) is 0. The Bertz CT molecular complexity index is 571. The van der Waals surface area contributed by atoms with E-state index in [1.165, 1.54) is 17.8 Å². The minimum absolute atomic E-state index is 0.0259. The zero-order valence-electron chi connectivity index (χ0n) is 12.8. The molecule has 1 aliphatic carbocycles. The summed E-state index contributed by atoms with van der Waals surface area (Å²) >= 11 is 1.28. The van der Waals surface area contributed by atoms with Gasteiger partial charge in [0.2, 0.25) is 0 Å². The van der Waals surface area contributed by atoms with Crippen molar-refractivity contribution in [3.05, 3.63) is 33.3 Å². The van der Waals surface area contributed by atoms with Crippen molar-refractivity contribution >= 4 is 29.1 Å². The Morgan fingerprint density at radius 1 is 1.15 bits per heavy atom. The van der Waals surface area contributed by atoms with Gasteiger partial charge in [-0.25, -0.2) is 0 Å². The van der Waals surface area contributed by atoms with Crippen molar-refractivity contribution in [1.29, 1.82) is 0 Å². The zero-order valence-corrected chi connectivity index (χ0v) is 13.6. The maximum Gasteiger partial charge on any atom is 0.196 e. The van der Waals surface area contributed by atoms with Crippen molar-refractivity contribution in [3.63, 3.8) is 0 Å². The highest BCUT2D eigenvalue weighted by Crippen LogP contribution is 2.33. The van der Waals surface area contributed by atoms with Gasteiger partial charge in [-0.1, -0.05) is 19.4 Å². The van der Waals surface area contributed by atoms with Crippen molar-refractivity contribution in [2.45, 2.75) is 46.8 Å². The van der Waals surface area contributed by atoms with Gasteiger partial charge in [0, 0.05) is 10.8 Å². The molecule has 0 bridgehead atoms. The molecule has 0 spiro atoms. The molecule has 0 aromatic carbocycles. The number of hydrogen-bond donors (Lipinski definition) is 0. The number of thioether (sulfide) groups is 1. The van der Waals surface area contributed by atoms with Crippen LogP contribution < -0.4 is 0 Å². The standard InChI is InChI=1S/C16H20O3S/c1-8(2)11(6)15(19)13-12(17)7-10(5)14(18)16(13)20-9(3)4/h7,9H,1-6H3. The predicted molar refractivity (Wildman–Crippen MR) is 82.6 cm³/mol. The van der Waals surface area contributed by atoms with Crippen LogP contribution in [0, 0.1) is 0 Å². The number of carbonyl (C=O) groups is 3. The van der Waals surface area contributed by atoms with E-state index in [2.05, 4.69) is 0 Å². The molecule has 0 saturated heterocycles. The fourth-order valence-electron chi connectivity index (χ4n) is 1.72. The number of carbonyl (C=O) groups excluding carboxylic acids is 3. The first kappa shape index (κ1) is 16.6. The topological polar surface area (TPSA) is 51.2 Å². The number of rotatable bonds is 4. The molecule has 0 atom stereocenters. The lowest BCUT2D eigenvalue weighted by Gasteiger charge is -2.18. The molecule has 0 radical (unpaired) electrons. The highest BCUT2D eigenvalue weighted by Gasteiger charge is 2.32. The van der Waals surface area contributed by atoms with E-state index in [0.29, 0.717) is 11.1 Å². The van der Waals surface area contributed by atoms with Gasteiger partial charge in [-0.2, -0.15) is 0 Å². The quantitative estimate of drug-likeness (QED) is 0.452. The van der Waals surface area contributed by atoms with E-state index < -0.39 is 0 Å². The summed E-state index contributed by atoms with van der Waals surface area (Å²) in [4.78, 5) is 37.2. The van der Waals surface area contributed by atoms with E-state index in [-0.39, 0.29) is 33.1 Å². The molecule has 0 aromatic heterocycles. The number of ketones is 3. The first-order chi connectivity index (χ1) is 9.16. The van der Waals surface area contributed by atoms with E-state index in [0.717, 1.165) is 5.57 Å². The summed E-state index contributed by atoms with van der Waals surface area (Å²) in [5, 5.41) is 0.127. The molecule has 0 amide bonds. The Kier molecular flexibility index (Phi) is 5.28. The van der Waals surface area contributed by atoms with Crippen LogP contribution in [-0.2, 0) is 14.4 Å². The first-order valence-corrected chi connectivity index (χ1v) is 7.41. The molecule has 0 aromatic rings. The fraction of sp³-hybridized carbons (Fsp3) is 0.438. The Labute approximate surface area is 124 Å². The largest absolute Gasteiger partial charge is 0.289 e. The second-order valence-electron chi connectivity index (χ2n) is 5.35. The van der Waals surface area contributed by atoms with Gasteiger partial charge in [-0.15, -0.1) is 11.8 Å². The lowest BCUT2D eigenvalue weighted by atomic mass is 9.91. The summed E-state index contributed by atoms with van der Waals surface area (Å²) < 4.78 is 0. The summed E-state index contributed by atoms with van der Waals surface area (Å²) in [6.07, 6.45) is 1.26. The molecule has 0 N–H and O–H groups in total. The predicted octanol–water partition coefficient (Wildman–Crippen LogP) is 3.41. The zero-order chi connectivity index (χ0) is 15.6. The van der Waals surface area contributed by atoms with Crippen LogP contribution >= 0.6 is 11.8 Å². The van der Waals surface area contributed by atoms with E-state index in [1.807, 2.05) is 27.7 Å². The molecular weight excluding hydrogens is 272 g/mol. The molecule has 0 unspecified atom stereocenters. The molecule has 108 valence electrons. The van der Waals surface area contributed by atoms with Gasteiger partial charge in [0.05, 0.1) is 10.5 Å². The molecule has 0 heterocycles. The minimum Gasteiger partial charge on any atom is -0.289 e. The van der Waals surface area contributed by atoms with Crippen LogP contribution in [0.4, 0.5) is 0 Å². The molecule has 20 heavy (non-hydrogen) atoms. The molecule has 1 aliphatic rings. The Balaban J connectivity index is 3.44. The molecule has 0 fully saturated rings. The number of Topliss-reactive ketones (excluding diaryl/α,β-unsaturated/α-hetero) is 2. The highest BCUT2D eigenvalue weighted by atomic mass is 32.2. The average Bonchev–Trinajstić information content (AvgIpc) is 2.33. The van der Waals surface area contributed by atoms with Crippen molar-refractivity contribution < 1.29 is 14.4 Å². The van der Waals surface area contributed by atoms with Gasteiger partial charge in [-0.05, 0) is 39.3 Å². The van der Waals surface area contributed by atoms with Crippen LogP contribution in [0.3, 0.4) is 0 Å². The number of hydrogen-bond acceptors (Lipinski definition) is 4. The van der Waals surface area contributed by atoms with E-state index in [1.54, 1.807) is 13.8 Å². The Morgan fingerprint density at radius 2 is 1.70 bits per heavy atom. The summed E-state index contributed by atoms with van der Waals surface area (Å²) in [6, 6.07) is 0. The maximum absolute atomic E-state index is 12.5. The van der Waals surface area contributed by atoms with E-state index >= 15 is 0 Å². The number of allylic oxidation sites excluding steroid dienone is 6. The minimum atomic E-state index is -0.365. The fourth-order valence-corrected chi connectivity index (χ4v) is 2.77. The van der Waals surface area contributed by atoms with Crippen LogP contribution in [-0.4, -0.2) is 22.6 Å². The third-order valence-corrected chi connectivity index (χ3v) is 4.15. The van der Waals surface area contributed by atoms with Gasteiger partial charge >= 0.3 is 0 Å². The van der Waals surface area contributed by atoms with Crippen molar-refractivity contribution in [3.8, 4) is 0 Å². The van der Waals surface area contributed by atoms with Crippen molar-refractivity contribution in [2.75, 3.05) is 0 Å². The monoisotopic (exact) mass is 292 g/mol. The summed E-state index contributed by atoms with van der Waals surface area (Å²) in [5.41, 5.74) is 1.79. The molecule has 1 rings (SSSR count). The van der Waals surface area contributed by atoms with Crippen LogP contribution in [0.5, 0.6) is 0 Å². The molecule has 4 heteroatoms. The molecular formula is C16H20O3S. The lowest BCUT2D eigenvalue weighted by molar-refractivity contribution is -0.119. The van der Waals surface area contributed by atoms with Crippen LogP contribution in [0.25, 0.3) is 0 Å². The van der Waals surface area contributed by atoms with E-state index in [9.17, 15) is 14.4 Å². The summed E-state index contributed by atoms with van der Waals surface area (Å²) in [5.74, 6) is -0.917. The van der Waals surface area contributed by atoms with Crippen LogP contribution in [0.15, 0.2) is 33.3 Å². The highest BCUT2D eigenvalue weighted by molar-refractivity contribution is 8.04. The smallest absolute Gasteiger partial charge is 0.196 e. The summed E-state index contributed by atoms with van der Waals surface area (Å²) in [6.45, 7) is 10.8. The Morgan fingerprint density at radius 3 is 2.15 bits per heavy atom. The van der Waals surface area contributed by atoms with Crippen LogP contribution in [0.1, 0.15) is 41.5 Å². The SMILES string of the molecule is CC1=CC(=O)C(C(=O)C(C)=C(C)C)=C(SC(C)C)C1=O. The van der Waals surface area contributed by atoms with Gasteiger partial charge < -0.3 is 0 Å². The Hall–Kier alpha value is -1.42. The molecule has 0 saturated carbocycles. The molecule has 0 aliphatic heterocycles. The first-order valence-electron chi connectivity index (χ1n) is 6.53. The van der Waals surface area contributed by atoms with Gasteiger partial charge in [0.25, 0.3) is 0 Å². The van der Waals surface area contributed by atoms with Crippen LogP contribution in [0.2, 0.25) is 0 Å². The normalized spacial score (nSPS) is 15.7. The second kappa shape index (κ2) is 6.35. The second-order valence-corrected chi connectivity index (χ2v) is 6.93. The van der Waals surface area contributed by atoms with Crippen molar-refractivity contribution in [1.82, 2.24) is 0 Å². The maximum atomic E-state index is 12.5. The van der Waals surface area contributed by atoms with Gasteiger partial charge in [-0.3, -0.25) is 14.4 Å². The molecule has 3 nitrogen and oxygen atoms in total.